The minimum Gasteiger partial charge on any atom is -0.494 e. The smallest absolute Gasteiger partial charge is 0.195 e. The zero-order valence-corrected chi connectivity index (χ0v) is 12.4. The minimum absolute atomic E-state index is 0.137. The number of aromatic hydroxyl groups is 2. The molecule has 0 atom stereocenters. The van der Waals surface area contributed by atoms with Crippen LogP contribution in [0.5, 0.6) is 11.8 Å². The van der Waals surface area contributed by atoms with E-state index in [0.29, 0.717) is 12.3 Å². The molecule has 4 N–H and O–H groups in total. The fourth-order valence-corrected chi connectivity index (χ4v) is 4.63. The number of carbonyl (C=O) groups is 2. The first-order valence-electron chi connectivity index (χ1n) is 6.15. The van der Waals surface area contributed by atoms with Crippen LogP contribution < -0.4 is 5.73 Å². The van der Waals surface area contributed by atoms with Gasteiger partial charge in [0.15, 0.2) is 28.9 Å². The third-order valence-electron chi connectivity index (χ3n) is 3.28. The van der Waals surface area contributed by atoms with Crippen LogP contribution >= 0.6 is 21.6 Å². The van der Waals surface area contributed by atoms with E-state index in [2.05, 4.69) is 0 Å². The Kier molecular flexibility index (Phi) is 4.66. The van der Waals surface area contributed by atoms with E-state index in [-0.39, 0.29) is 41.9 Å². The predicted octanol–water partition coefficient (Wildman–Crippen LogP) is 0.867. The number of nitrogens with zero attached hydrogens (tertiary/aromatic N) is 1. The van der Waals surface area contributed by atoms with Gasteiger partial charge in [0, 0.05) is 43.0 Å². The molecular formula is C12H16N2O4S2. The molecule has 0 aliphatic heterocycles. The van der Waals surface area contributed by atoms with Gasteiger partial charge in [0.2, 0.25) is 0 Å². The second-order valence-electron chi connectivity index (χ2n) is 4.46. The summed E-state index contributed by atoms with van der Waals surface area (Å²) in [4.78, 5) is 24.5. The molecule has 110 valence electrons. The zero-order chi connectivity index (χ0) is 14.8. The van der Waals surface area contributed by atoms with Gasteiger partial charge in [0.25, 0.3) is 0 Å². The maximum Gasteiger partial charge on any atom is 0.195 e. The van der Waals surface area contributed by atoms with Crippen molar-refractivity contribution in [2.24, 2.45) is 5.73 Å². The Labute approximate surface area is 124 Å². The molecule has 0 amide bonds. The molecule has 0 saturated heterocycles. The van der Waals surface area contributed by atoms with Crippen LogP contribution in [-0.2, 0) is 15.1 Å². The molecule has 2 rings (SSSR count). The number of Topliss-reactive ketones (excluding diaryl/α,β-unsaturated/α-hetero) is 2. The van der Waals surface area contributed by atoms with Crippen LogP contribution in [0.4, 0.5) is 0 Å². The van der Waals surface area contributed by atoms with Crippen molar-refractivity contribution in [2.75, 3.05) is 18.1 Å². The van der Waals surface area contributed by atoms with Crippen molar-refractivity contribution < 1.29 is 19.8 Å². The van der Waals surface area contributed by atoms with E-state index < -0.39 is 5.54 Å². The highest BCUT2D eigenvalue weighted by atomic mass is 33.1. The first kappa shape index (κ1) is 15.3. The van der Waals surface area contributed by atoms with Gasteiger partial charge in [-0.05, 0) is 0 Å². The van der Waals surface area contributed by atoms with Gasteiger partial charge in [-0.3, -0.25) is 14.2 Å². The number of nitrogens with two attached hydrogens (primary N) is 1. The van der Waals surface area contributed by atoms with Crippen LogP contribution in [0.1, 0.15) is 12.8 Å². The molecule has 0 radical (unpaired) electrons. The van der Waals surface area contributed by atoms with Gasteiger partial charge in [-0.15, -0.1) is 0 Å². The lowest BCUT2D eigenvalue weighted by atomic mass is 10.3. The van der Waals surface area contributed by atoms with Gasteiger partial charge in [-0.1, -0.05) is 21.6 Å². The van der Waals surface area contributed by atoms with Crippen LogP contribution in [0.2, 0.25) is 0 Å². The van der Waals surface area contributed by atoms with E-state index >= 15 is 0 Å². The van der Waals surface area contributed by atoms with Gasteiger partial charge >= 0.3 is 0 Å². The van der Waals surface area contributed by atoms with Crippen LogP contribution in [0.15, 0.2) is 12.1 Å². The van der Waals surface area contributed by atoms with Gasteiger partial charge in [-0.2, -0.15) is 0 Å². The Morgan fingerprint density at radius 2 is 1.70 bits per heavy atom. The summed E-state index contributed by atoms with van der Waals surface area (Å²) in [5, 5.41) is 19.7. The van der Waals surface area contributed by atoms with Crippen LogP contribution in [-0.4, -0.2) is 44.4 Å². The van der Waals surface area contributed by atoms with E-state index in [1.807, 2.05) is 0 Å². The van der Waals surface area contributed by atoms with Crippen LogP contribution in [0.3, 0.4) is 0 Å². The number of rotatable bonds is 6. The molecule has 1 saturated carbocycles. The molecule has 0 aromatic carbocycles. The fourth-order valence-electron chi connectivity index (χ4n) is 2.31. The maximum absolute atomic E-state index is 12.3. The first-order valence-corrected chi connectivity index (χ1v) is 8.64. The summed E-state index contributed by atoms with van der Waals surface area (Å²) in [5.74, 6) is -0.237. The van der Waals surface area contributed by atoms with E-state index in [4.69, 9.17) is 5.73 Å². The number of carbonyl (C=O) groups excluding carboxylic acids is 2. The highest BCUT2D eigenvalue weighted by Gasteiger charge is 2.53. The molecule has 1 aromatic rings. The second-order valence-corrected chi connectivity index (χ2v) is 7.05. The van der Waals surface area contributed by atoms with Gasteiger partial charge < -0.3 is 15.9 Å². The molecule has 6 nitrogen and oxygen atoms in total. The SMILES string of the molecule is NCCSSC[13C]1(n2c(O)ccc2O)C(=O)CCC1=O. The summed E-state index contributed by atoms with van der Waals surface area (Å²) < 4.78 is 1.04. The summed E-state index contributed by atoms with van der Waals surface area (Å²) in [6.07, 6.45) is 0.274. The minimum atomic E-state index is -1.50. The molecular weight excluding hydrogens is 301 g/mol. The molecule has 1 aromatic heterocycles. The van der Waals surface area contributed by atoms with Crippen molar-refractivity contribution in [2.45, 2.75) is 18.4 Å². The molecule has 20 heavy (non-hydrogen) atoms. The van der Waals surface area contributed by atoms with E-state index in [1.54, 1.807) is 0 Å². The average molecular weight is 317 g/mol. The highest BCUT2D eigenvalue weighted by Crippen LogP contribution is 2.42. The average Bonchev–Trinajstić information content (AvgIpc) is 2.89. The molecule has 1 aliphatic rings. The summed E-state index contributed by atoms with van der Waals surface area (Å²) >= 11 is 0. The lowest BCUT2D eigenvalue weighted by Gasteiger charge is -2.28. The number of aromatic nitrogens is 1. The molecule has 0 bridgehead atoms. The molecule has 1 aliphatic carbocycles. The van der Waals surface area contributed by atoms with Crippen LogP contribution in [0.25, 0.3) is 0 Å². The third-order valence-corrected chi connectivity index (χ3v) is 5.73. The molecule has 8 heteroatoms. The lowest BCUT2D eigenvalue weighted by Crippen LogP contribution is -2.45. The van der Waals surface area contributed by atoms with Crippen molar-refractivity contribution in [3.8, 4) is 11.8 Å². The summed E-state index contributed by atoms with van der Waals surface area (Å²) in [6, 6.07) is 2.54. The van der Waals surface area contributed by atoms with E-state index in [0.717, 1.165) is 4.57 Å². The monoisotopic (exact) mass is 317 g/mol. The highest BCUT2D eigenvalue weighted by molar-refractivity contribution is 8.76. The molecule has 1 heterocycles. The van der Waals surface area contributed by atoms with Crippen molar-refractivity contribution >= 4 is 33.2 Å². The van der Waals surface area contributed by atoms with Gasteiger partial charge in [0.1, 0.15) is 0 Å². The predicted molar refractivity (Wildman–Crippen MR) is 79.0 cm³/mol. The summed E-state index contributed by atoms with van der Waals surface area (Å²) in [6.45, 7) is 0.507. The van der Waals surface area contributed by atoms with Crippen molar-refractivity contribution in [3.05, 3.63) is 12.1 Å². The Hall–Kier alpha value is -1.12. The number of hydrogen-bond donors (Lipinski definition) is 3. The van der Waals surface area contributed by atoms with Crippen LogP contribution in [0, 0.1) is 0 Å². The Balaban J connectivity index is 2.35. The van der Waals surface area contributed by atoms with E-state index in [9.17, 15) is 19.8 Å². The Bertz CT molecular complexity index is 494. The summed E-state index contributed by atoms with van der Waals surface area (Å²) in [5.41, 5.74) is 3.90. The van der Waals surface area contributed by atoms with E-state index in [1.165, 1.54) is 33.7 Å². The quantitative estimate of drug-likeness (QED) is 0.309. The number of hydrogen-bond acceptors (Lipinski definition) is 7. The molecule has 1 fully saturated rings. The van der Waals surface area contributed by atoms with Gasteiger partial charge in [0.05, 0.1) is 0 Å². The molecule has 0 spiro atoms. The zero-order valence-electron chi connectivity index (χ0n) is 10.7. The normalized spacial score (nSPS) is 17.9. The topological polar surface area (TPSA) is 106 Å². The van der Waals surface area contributed by atoms with Gasteiger partial charge in [-0.25, -0.2) is 0 Å². The maximum atomic E-state index is 12.3. The van der Waals surface area contributed by atoms with Crippen molar-refractivity contribution in [1.82, 2.24) is 4.57 Å². The Morgan fingerprint density at radius 1 is 1.15 bits per heavy atom. The number of ketones is 2. The third kappa shape index (κ3) is 2.43. The summed E-state index contributed by atoms with van der Waals surface area (Å²) in [7, 11) is 2.81. The lowest BCUT2D eigenvalue weighted by molar-refractivity contribution is -0.132. The van der Waals surface area contributed by atoms with Crippen molar-refractivity contribution in [3.63, 3.8) is 0 Å². The fraction of sp³-hybridized carbons (Fsp3) is 0.500. The Morgan fingerprint density at radius 3 is 2.20 bits per heavy atom. The van der Waals surface area contributed by atoms with Crippen molar-refractivity contribution in [1.29, 1.82) is 0 Å². The largest absolute Gasteiger partial charge is 0.494 e. The first-order chi connectivity index (χ1) is 9.54. The second kappa shape index (κ2) is 6.11. The molecule has 0 unspecified atom stereocenters. The standard InChI is InChI=1S/C12H16N2O4S2/c13-5-6-19-20-7-12(8(15)1-2-9(12)16)14-10(17)3-4-11(14)18/h3-4,17-18H,1-2,5-7,13H2/i12+1.